The van der Waals surface area contributed by atoms with E-state index in [1.807, 2.05) is 32.0 Å². The maximum Gasteiger partial charge on any atom is 0.255 e. The Hall–Kier alpha value is -2.18. The van der Waals surface area contributed by atoms with Crippen LogP contribution in [0.25, 0.3) is 0 Å². The van der Waals surface area contributed by atoms with E-state index in [0.29, 0.717) is 5.69 Å². The van der Waals surface area contributed by atoms with E-state index in [1.54, 1.807) is 12.1 Å². The molecule has 0 fully saturated rings. The third-order valence-corrected chi connectivity index (χ3v) is 4.94. The minimum Gasteiger partial charge on any atom is -0.322 e. The number of sulfonamides is 1. The van der Waals surface area contributed by atoms with Crippen molar-refractivity contribution in [1.29, 1.82) is 0 Å². The molecule has 0 aliphatic heterocycles. The van der Waals surface area contributed by atoms with Crippen molar-refractivity contribution >= 4 is 21.6 Å². The van der Waals surface area contributed by atoms with Gasteiger partial charge in [0.25, 0.3) is 5.91 Å². The normalized spacial score (nSPS) is 11.2. The van der Waals surface area contributed by atoms with Crippen molar-refractivity contribution in [2.45, 2.75) is 18.7 Å². The van der Waals surface area contributed by atoms with Crippen LogP contribution in [0.15, 0.2) is 47.4 Å². The standard InChI is InChI=1S/C16H18N2O3S/c1-11-6-4-9-15(12(11)2)18-16(19)13-7-5-8-14(10-13)22(20,21)17-3/h4-10,17H,1-3H3,(H,18,19). The Morgan fingerprint density at radius 1 is 1.05 bits per heavy atom. The van der Waals surface area contributed by atoms with Gasteiger partial charge in [0.05, 0.1) is 4.90 Å². The number of amides is 1. The number of anilines is 1. The van der Waals surface area contributed by atoms with E-state index in [0.717, 1.165) is 11.1 Å². The maximum atomic E-state index is 12.3. The highest BCUT2D eigenvalue weighted by molar-refractivity contribution is 7.89. The van der Waals surface area contributed by atoms with Gasteiger partial charge in [0.1, 0.15) is 0 Å². The van der Waals surface area contributed by atoms with Gasteiger partial charge in [-0.1, -0.05) is 18.2 Å². The molecule has 0 aromatic heterocycles. The van der Waals surface area contributed by atoms with E-state index in [4.69, 9.17) is 0 Å². The molecule has 2 aromatic rings. The summed E-state index contributed by atoms with van der Waals surface area (Å²) >= 11 is 0. The predicted molar refractivity (Wildman–Crippen MR) is 86.6 cm³/mol. The van der Waals surface area contributed by atoms with Crippen molar-refractivity contribution in [3.63, 3.8) is 0 Å². The van der Waals surface area contributed by atoms with Crippen LogP contribution < -0.4 is 10.0 Å². The molecule has 1 amide bonds. The zero-order valence-corrected chi connectivity index (χ0v) is 13.5. The molecular formula is C16H18N2O3S. The minimum absolute atomic E-state index is 0.0589. The van der Waals surface area contributed by atoms with Crippen molar-refractivity contribution in [1.82, 2.24) is 4.72 Å². The van der Waals surface area contributed by atoms with Crippen LogP contribution in [0.5, 0.6) is 0 Å². The van der Waals surface area contributed by atoms with E-state index in [9.17, 15) is 13.2 Å². The van der Waals surface area contributed by atoms with Crippen LogP contribution in [0.1, 0.15) is 21.5 Å². The summed E-state index contributed by atoms with van der Waals surface area (Å²) in [5, 5.41) is 2.81. The zero-order valence-electron chi connectivity index (χ0n) is 12.7. The van der Waals surface area contributed by atoms with Crippen molar-refractivity contribution in [2.24, 2.45) is 0 Å². The lowest BCUT2D eigenvalue weighted by molar-refractivity contribution is 0.102. The van der Waals surface area contributed by atoms with Crippen LogP contribution in [-0.2, 0) is 10.0 Å². The fourth-order valence-electron chi connectivity index (χ4n) is 2.00. The number of nitrogens with one attached hydrogen (secondary N) is 2. The van der Waals surface area contributed by atoms with Crippen LogP contribution in [0, 0.1) is 13.8 Å². The van der Waals surface area contributed by atoms with Gasteiger partial charge in [-0.3, -0.25) is 4.79 Å². The third kappa shape index (κ3) is 3.35. The van der Waals surface area contributed by atoms with Crippen molar-refractivity contribution < 1.29 is 13.2 Å². The number of rotatable bonds is 4. The summed E-state index contributed by atoms with van der Waals surface area (Å²) in [6.45, 7) is 3.89. The Kier molecular flexibility index (Phi) is 4.63. The fourth-order valence-corrected chi connectivity index (χ4v) is 2.78. The predicted octanol–water partition coefficient (Wildman–Crippen LogP) is 2.46. The second kappa shape index (κ2) is 6.29. The highest BCUT2D eigenvalue weighted by atomic mass is 32.2. The Morgan fingerprint density at radius 2 is 1.73 bits per heavy atom. The Morgan fingerprint density at radius 3 is 2.41 bits per heavy atom. The summed E-state index contributed by atoms with van der Waals surface area (Å²) in [6.07, 6.45) is 0. The SMILES string of the molecule is CNS(=O)(=O)c1cccc(C(=O)Nc2cccc(C)c2C)c1. The fraction of sp³-hybridized carbons (Fsp3) is 0.188. The summed E-state index contributed by atoms with van der Waals surface area (Å²) in [4.78, 5) is 12.4. The van der Waals surface area contributed by atoms with E-state index in [2.05, 4.69) is 10.0 Å². The van der Waals surface area contributed by atoms with E-state index < -0.39 is 10.0 Å². The molecule has 5 nitrogen and oxygen atoms in total. The van der Waals surface area contributed by atoms with Gasteiger partial charge in [-0.15, -0.1) is 0 Å². The molecule has 0 unspecified atom stereocenters. The third-order valence-electron chi connectivity index (χ3n) is 3.53. The molecule has 0 radical (unpaired) electrons. The van der Waals surface area contributed by atoms with Gasteiger partial charge < -0.3 is 5.32 Å². The zero-order chi connectivity index (χ0) is 16.3. The molecule has 2 aromatic carbocycles. The quantitative estimate of drug-likeness (QED) is 0.909. The monoisotopic (exact) mass is 318 g/mol. The average Bonchev–Trinajstić information content (AvgIpc) is 2.52. The lowest BCUT2D eigenvalue weighted by Crippen LogP contribution is -2.19. The summed E-state index contributed by atoms with van der Waals surface area (Å²) in [6, 6.07) is 11.6. The maximum absolute atomic E-state index is 12.3. The van der Waals surface area contributed by atoms with Gasteiger partial charge >= 0.3 is 0 Å². The highest BCUT2D eigenvalue weighted by Crippen LogP contribution is 2.19. The topological polar surface area (TPSA) is 75.3 Å². The van der Waals surface area contributed by atoms with Gasteiger partial charge in [0.15, 0.2) is 0 Å². The van der Waals surface area contributed by atoms with Crippen LogP contribution >= 0.6 is 0 Å². The van der Waals surface area contributed by atoms with Gasteiger partial charge in [0.2, 0.25) is 10.0 Å². The van der Waals surface area contributed by atoms with Gasteiger partial charge in [-0.25, -0.2) is 13.1 Å². The van der Waals surface area contributed by atoms with Gasteiger partial charge in [-0.05, 0) is 56.3 Å². The molecule has 0 aliphatic rings. The molecule has 0 saturated carbocycles. The molecule has 0 heterocycles. The molecule has 2 N–H and O–H groups in total. The molecule has 22 heavy (non-hydrogen) atoms. The number of carbonyl (C=O) groups excluding carboxylic acids is 1. The smallest absolute Gasteiger partial charge is 0.255 e. The van der Waals surface area contributed by atoms with E-state index >= 15 is 0 Å². The molecule has 0 saturated heterocycles. The van der Waals surface area contributed by atoms with Crippen molar-refractivity contribution in [3.05, 3.63) is 59.2 Å². The van der Waals surface area contributed by atoms with Crippen LogP contribution in [0.3, 0.4) is 0 Å². The molecular weight excluding hydrogens is 300 g/mol. The summed E-state index contributed by atoms with van der Waals surface area (Å²) in [7, 11) is -2.24. The van der Waals surface area contributed by atoms with Gasteiger partial charge in [0, 0.05) is 11.3 Å². The van der Waals surface area contributed by atoms with E-state index in [-0.39, 0.29) is 16.4 Å². The van der Waals surface area contributed by atoms with Crippen LogP contribution in [0.2, 0.25) is 0 Å². The number of hydrogen-bond donors (Lipinski definition) is 2. The first-order valence-corrected chi connectivity index (χ1v) is 8.24. The first-order chi connectivity index (χ1) is 10.3. The number of hydrogen-bond acceptors (Lipinski definition) is 3. The average molecular weight is 318 g/mol. The molecule has 0 atom stereocenters. The number of aryl methyl sites for hydroxylation is 1. The molecule has 0 spiro atoms. The Bertz CT molecular complexity index is 814. The second-order valence-electron chi connectivity index (χ2n) is 4.94. The first-order valence-electron chi connectivity index (χ1n) is 6.76. The van der Waals surface area contributed by atoms with E-state index in [1.165, 1.54) is 19.2 Å². The Labute approximate surface area is 130 Å². The highest BCUT2D eigenvalue weighted by Gasteiger charge is 2.15. The lowest BCUT2D eigenvalue weighted by Gasteiger charge is -2.11. The molecule has 6 heteroatoms. The first kappa shape index (κ1) is 16.2. The summed E-state index contributed by atoms with van der Waals surface area (Å²) in [5.74, 6) is -0.346. The van der Waals surface area contributed by atoms with Crippen molar-refractivity contribution in [3.8, 4) is 0 Å². The molecule has 0 aliphatic carbocycles. The second-order valence-corrected chi connectivity index (χ2v) is 6.82. The molecule has 2 rings (SSSR count). The summed E-state index contributed by atoms with van der Waals surface area (Å²) in [5.41, 5.74) is 3.06. The Balaban J connectivity index is 2.31. The summed E-state index contributed by atoms with van der Waals surface area (Å²) < 4.78 is 25.8. The van der Waals surface area contributed by atoms with Gasteiger partial charge in [-0.2, -0.15) is 0 Å². The number of benzene rings is 2. The largest absolute Gasteiger partial charge is 0.322 e. The minimum atomic E-state index is -3.57. The molecule has 0 bridgehead atoms. The number of carbonyl (C=O) groups is 1. The lowest BCUT2D eigenvalue weighted by atomic mass is 10.1. The molecule has 116 valence electrons. The van der Waals surface area contributed by atoms with Crippen LogP contribution in [-0.4, -0.2) is 21.4 Å². The van der Waals surface area contributed by atoms with Crippen LogP contribution in [0.4, 0.5) is 5.69 Å². The van der Waals surface area contributed by atoms with Crippen molar-refractivity contribution in [2.75, 3.05) is 12.4 Å².